The third kappa shape index (κ3) is 4.49. The van der Waals surface area contributed by atoms with E-state index in [4.69, 9.17) is 16.3 Å². The Balaban J connectivity index is 2.01. The van der Waals surface area contributed by atoms with Crippen molar-refractivity contribution in [2.24, 2.45) is 0 Å². The summed E-state index contributed by atoms with van der Waals surface area (Å²) in [6.45, 7) is 3.99. The molecule has 2 aromatic carbocycles. The van der Waals surface area contributed by atoms with Gasteiger partial charge >= 0.3 is 0 Å². The van der Waals surface area contributed by atoms with Crippen molar-refractivity contribution in [2.75, 3.05) is 11.9 Å². The van der Waals surface area contributed by atoms with Gasteiger partial charge in [-0.15, -0.1) is 0 Å². The van der Waals surface area contributed by atoms with E-state index in [0.717, 1.165) is 27.7 Å². The van der Waals surface area contributed by atoms with Crippen molar-refractivity contribution in [2.45, 2.75) is 20.3 Å². The van der Waals surface area contributed by atoms with Gasteiger partial charge in [-0.1, -0.05) is 34.5 Å². The lowest BCUT2D eigenvalue weighted by Crippen LogP contribution is -2.21. The van der Waals surface area contributed by atoms with Crippen molar-refractivity contribution in [1.29, 1.82) is 0 Å². The minimum absolute atomic E-state index is 0.0414. The fourth-order valence-corrected chi connectivity index (χ4v) is 2.87. The summed E-state index contributed by atoms with van der Waals surface area (Å²) in [5.41, 5.74) is 2.97. The van der Waals surface area contributed by atoms with Crippen molar-refractivity contribution in [3.63, 3.8) is 0 Å². The molecule has 0 aliphatic rings. The molecule has 5 heteroatoms. The Hall–Kier alpha value is -1.52. The number of ether oxygens (including phenoxy) is 1. The first-order chi connectivity index (χ1) is 10.5. The zero-order chi connectivity index (χ0) is 16.1. The summed E-state index contributed by atoms with van der Waals surface area (Å²) in [7, 11) is 0. The number of amides is 1. The van der Waals surface area contributed by atoms with Gasteiger partial charge in [0, 0.05) is 15.2 Å². The Morgan fingerprint density at radius 1 is 1.27 bits per heavy atom. The normalized spacial score (nSPS) is 10.4. The molecule has 2 aromatic rings. The molecule has 1 N–H and O–H groups in total. The van der Waals surface area contributed by atoms with Crippen LogP contribution in [0.2, 0.25) is 5.02 Å². The quantitative estimate of drug-likeness (QED) is 0.791. The van der Waals surface area contributed by atoms with Crippen molar-refractivity contribution >= 4 is 39.1 Å². The Kier molecular flexibility index (Phi) is 5.86. The number of aryl methyl sites for hydroxylation is 2. The molecule has 0 bridgehead atoms. The summed E-state index contributed by atoms with van der Waals surface area (Å²) in [6.07, 6.45) is 0.841. The molecule has 0 saturated carbocycles. The number of anilines is 1. The lowest BCUT2D eigenvalue weighted by Gasteiger charge is -2.14. The van der Waals surface area contributed by atoms with Gasteiger partial charge in [0.25, 0.3) is 5.91 Å². The molecule has 0 heterocycles. The maximum absolute atomic E-state index is 12.1. The average molecular weight is 383 g/mol. The molecule has 0 aliphatic carbocycles. The topological polar surface area (TPSA) is 38.3 Å². The summed E-state index contributed by atoms with van der Waals surface area (Å²) < 4.78 is 6.46. The van der Waals surface area contributed by atoms with Crippen LogP contribution in [0, 0.1) is 6.92 Å². The SMILES string of the molecule is CCc1cc(Br)cc(C)c1NC(=O)COc1ccc(Cl)cc1. The van der Waals surface area contributed by atoms with E-state index in [-0.39, 0.29) is 12.5 Å². The Bertz CT molecular complexity index is 671. The third-order valence-electron chi connectivity index (χ3n) is 3.21. The lowest BCUT2D eigenvalue weighted by molar-refractivity contribution is -0.118. The number of halogens is 2. The Labute approximate surface area is 143 Å². The number of benzene rings is 2. The average Bonchev–Trinajstić information content (AvgIpc) is 2.49. The van der Waals surface area contributed by atoms with E-state index in [1.54, 1.807) is 24.3 Å². The monoisotopic (exact) mass is 381 g/mol. The van der Waals surface area contributed by atoms with Crippen LogP contribution in [-0.2, 0) is 11.2 Å². The Morgan fingerprint density at radius 3 is 2.59 bits per heavy atom. The second-order valence-electron chi connectivity index (χ2n) is 4.90. The van der Waals surface area contributed by atoms with Crippen LogP contribution in [0.3, 0.4) is 0 Å². The highest BCUT2D eigenvalue weighted by atomic mass is 79.9. The van der Waals surface area contributed by atoms with Gasteiger partial charge in [0.15, 0.2) is 6.61 Å². The third-order valence-corrected chi connectivity index (χ3v) is 3.92. The molecule has 1 amide bonds. The summed E-state index contributed by atoms with van der Waals surface area (Å²) in [6, 6.07) is 10.9. The first-order valence-electron chi connectivity index (χ1n) is 6.97. The molecule has 0 saturated heterocycles. The maximum Gasteiger partial charge on any atom is 0.262 e. The van der Waals surface area contributed by atoms with E-state index in [2.05, 4.69) is 28.2 Å². The van der Waals surface area contributed by atoms with Crippen LogP contribution in [0.15, 0.2) is 40.9 Å². The summed E-state index contributed by atoms with van der Waals surface area (Å²) >= 11 is 9.28. The fraction of sp³-hybridized carbons (Fsp3) is 0.235. The molecule has 2 rings (SSSR count). The summed E-state index contributed by atoms with van der Waals surface area (Å²) in [5.74, 6) is 0.429. The van der Waals surface area contributed by atoms with Crippen LogP contribution in [0.25, 0.3) is 0 Å². The molecule has 22 heavy (non-hydrogen) atoms. The predicted octanol–water partition coefficient (Wildman–Crippen LogP) is 4.99. The van der Waals surface area contributed by atoms with E-state index in [0.29, 0.717) is 10.8 Å². The standard InChI is InChI=1S/C17H17BrClNO2/c1-3-12-9-13(18)8-11(2)17(12)20-16(21)10-22-15-6-4-14(19)5-7-15/h4-9H,3,10H2,1-2H3,(H,20,21). The number of hydrogen-bond acceptors (Lipinski definition) is 2. The molecular formula is C17H17BrClNO2. The molecule has 0 spiro atoms. The van der Waals surface area contributed by atoms with Crippen molar-refractivity contribution in [1.82, 2.24) is 0 Å². The molecule has 3 nitrogen and oxygen atoms in total. The number of nitrogens with one attached hydrogen (secondary N) is 1. The molecule has 0 radical (unpaired) electrons. The van der Waals surface area contributed by atoms with E-state index >= 15 is 0 Å². The zero-order valence-electron chi connectivity index (χ0n) is 12.5. The van der Waals surface area contributed by atoms with Gasteiger partial charge in [0.2, 0.25) is 0 Å². The maximum atomic E-state index is 12.1. The molecule has 0 unspecified atom stereocenters. The number of carbonyl (C=O) groups excluding carboxylic acids is 1. The molecule has 116 valence electrons. The lowest BCUT2D eigenvalue weighted by atomic mass is 10.1. The van der Waals surface area contributed by atoms with E-state index in [9.17, 15) is 4.79 Å². The van der Waals surface area contributed by atoms with E-state index < -0.39 is 0 Å². The molecule has 0 aliphatic heterocycles. The van der Waals surface area contributed by atoms with Crippen LogP contribution in [0.1, 0.15) is 18.1 Å². The first kappa shape index (κ1) is 16.8. The molecular weight excluding hydrogens is 366 g/mol. The van der Waals surface area contributed by atoms with Crippen molar-refractivity contribution in [3.05, 3.63) is 57.0 Å². The van der Waals surface area contributed by atoms with Gasteiger partial charge in [0.1, 0.15) is 5.75 Å². The minimum Gasteiger partial charge on any atom is -0.484 e. The summed E-state index contributed by atoms with van der Waals surface area (Å²) in [5, 5.41) is 3.56. The smallest absolute Gasteiger partial charge is 0.262 e. The van der Waals surface area contributed by atoms with Crippen LogP contribution in [0.5, 0.6) is 5.75 Å². The van der Waals surface area contributed by atoms with Gasteiger partial charge in [-0.25, -0.2) is 0 Å². The zero-order valence-corrected chi connectivity index (χ0v) is 14.8. The first-order valence-corrected chi connectivity index (χ1v) is 8.14. The largest absolute Gasteiger partial charge is 0.484 e. The molecule has 0 atom stereocenters. The van der Waals surface area contributed by atoms with Gasteiger partial charge < -0.3 is 10.1 Å². The highest BCUT2D eigenvalue weighted by Crippen LogP contribution is 2.26. The van der Waals surface area contributed by atoms with Gasteiger partial charge in [-0.3, -0.25) is 4.79 Å². The van der Waals surface area contributed by atoms with E-state index in [1.807, 2.05) is 19.1 Å². The van der Waals surface area contributed by atoms with Crippen LogP contribution < -0.4 is 10.1 Å². The number of hydrogen-bond donors (Lipinski definition) is 1. The second-order valence-corrected chi connectivity index (χ2v) is 6.25. The fourth-order valence-electron chi connectivity index (χ4n) is 2.13. The number of rotatable bonds is 5. The molecule has 0 aromatic heterocycles. The van der Waals surface area contributed by atoms with Gasteiger partial charge in [-0.2, -0.15) is 0 Å². The predicted molar refractivity (Wildman–Crippen MR) is 93.8 cm³/mol. The van der Waals surface area contributed by atoms with Crippen molar-refractivity contribution < 1.29 is 9.53 Å². The highest BCUT2D eigenvalue weighted by Gasteiger charge is 2.10. The number of carbonyl (C=O) groups is 1. The van der Waals surface area contributed by atoms with Crippen LogP contribution >= 0.6 is 27.5 Å². The summed E-state index contributed by atoms with van der Waals surface area (Å²) in [4.78, 5) is 12.1. The Morgan fingerprint density at radius 2 is 1.95 bits per heavy atom. The van der Waals surface area contributed by atoms with E-state index in [1.165, 1.54) is 0 Å². The molecule has 0 fully saturated rings. The minimum atomic E-state index is -0.185. The second kappa shape index (κ2) is 7.65. The highest BCUT2D eigenvalue weighted by molar-refractivity contribution is 9.10. The van der Waals surface area contributed by atoms with Crippen LogP contribution in [0.4, 0.5) is 5.69 Å². The van der Waals surface area contributed by atoms with Gasteiger partial charge in [-0.05, 0) is 60.9 Å². The van der Waals surface area contributed by atoms with Gasteiger partial charge in [0.05, 0.1) is 0 Å². The van der Waals surface area contributed by atoms with Crippen molar-refractivity contribution in [3.8, 4) is 5.75 Å². The van der Waals surface area contributed by atoms with Crippen LogP contribution in [-0.4, -0.2) is 12.5 Å².